The molecule has 6 aliphatic rings. The third kappa shape index (κ3) is 3.33. The molecule has 0 aromatic carbocycles. The van der Waals surface area contributed by atoms with E-state index in [1.807, 2.05) is 0 Å². The molecule has 1 N–H and O–H groups in total. The van der Waals surface area contributed by atoms with Gasteiger partial charge < -0.3 is 5.32 Å². The van der Waals surface area contributed by atoms with Crippen LogP contribution in [0.5, 0.6) is 0 Å². The normalized spacial score (nSPS) is 41.6. The van der Waals surface area contributed by atoms with E-state index in [0.717, 1.165) is 49.9 Å². The minimum atomic E-state index is -0.116. The summed E-state index contributed by atoms with van der Waals surface area (Å²) in [5, 5.41) is 3.35. The van der Waals surface area contributed by atoms with Gasteiger partial charge in [0.25, 0.3) is 0 Å². The van der Waals surface area contributed by atoms with E-state index >= 15 is 0 Å². The second-order valence-corrected chi connectivity index (χ2v) is 10.9. The average molecular weight is 401 g/mol. The number of hydrogen-bond acceptors (Lipinski definition) is 3. The van der Waals surface area contributed by atoms with Crippen molar-refractivity contribution in [3.8, 4) is 0 Å². The molecule has 0 aromatic heterocycles. The van der Waals surface area contributed by atoms with E-state index in [1.54, 1.807) is 0 Å². The number of likely N-dealkylation sites (tertiary alicyclic amines) is 1. The lowest BCUT2D eigenvalue weighted by molar-refractivity contribution is -0.140. The number of carbonyl (C=O) groups excluding carboxylic acids is 3. The zero-order chi connectivity index (χ0) is 20.2. The van der Waals surface area contributed by atoms with E-state index in [2.05, 4.69) is 12.2 Å². The van der Waals surface area contributed by atoms with Crippen molar-refractivity contribution in [2.24, 2.45) is 35.0 Å². The molecule has 1 aliphatic heterocycles. The van der Waals surface area contributed by atoms with Crippen molar-refractivity contribution >= 4 is 17.7 Å². The fourth-order valence-corrected chi connectivity index (χ4v) is 8.22. The van der Waals surface area contributed by atoms with Crippen LogP contribution in [-0.4, -0.2) is 35.2 Å². The van der Waals surface area contributed by atoms with Gasteiger partial charge in [-0.25, -0.2) is 0 Å². The fourth-order valence-electron chi connectivity index (χ4n) is 8.22. The number of amides is 3. The number of nitrogens with zero attached hydrogens (tertiary/aromatic N) is 1. The number of imide groups is 1. The summed E-state index contributed by atoms with van der Waals surface area (Å²) in [7, 11) is 0. The summed E-state index contributed by atoms with van der Waals surface area (Å²) in [5.74, 6) is 2.34. The van der Waals surface area contributed by atoms with Gasteiger partial charge in [0.1, 0.15) is 0 Å². The molecule has 0 aromatic rings. The van der Waals surface area contributed by atoms with Crippen LogP contribution >= 0.6 is 0 Å². The molecule has 5 aliphatic carbocycles. The van der Waals surface area contributed by atoms with E-state index in [4.69, 9.17) is 0 Å². The number of hydrogen-bond donors (Lipinski definition) is 1. The highest BCUT2D eigenvalue weighted by Gasteiger charge is 2.54. The summed E-state index contributed by atoms with van der Waals surface area (Å²) < 4.78 is 0. The monoisotopic (exact) mass is 400 g/mol. The zero-order valence-corrected chi connectivity index (χ0v) is 17.8. The maximum Gasteiger partial charge on any atom is 0.233 e. The zero-order valence-electron chi connectivity index (χ0n) is 17.8. The first-order valence-corrected chi connectivity index (χ1v) is 12.1. The quantitative estimate of drug-likeness (QED) is 0.692. The van der Waals surface area contributed by atoms with Gasteiger partial charge in [0.05, 0.1) is 11.8 Å². The molecular weight excluding hydrogens is 364 g/mol. The maximum atomic E-state index is 12.8. The van der Waals surface area contributed by atoms with Crippen molar-refractivity contribution in [2.75, 3.05) is 6.54 Å². The lowest BCUT2D eigenvalue weighted by Crippen LogP contribution is -2.56. The van der Waals surface area contributed by atoms with Crippen LogP contribution < -0.4 is 5.32 Å². The molecule has 3 atom stereocenters. The maximum absolute atomic E-state index is 12.8. The van der Waals surface area contributed by atoms with Gasteiger partial charge in [0.15, 0.2) is 0 Å². The summed E-state index contributed by atoms with van der Waals surface area (Å²) in [6.45, 7) is 2.45. The van der Waals surface area contributed by atoms with Crippen molar-refractivity contribution in [1.82, 2.24) is 10.2 Å². The van der Waals surface area contributed by atoms with Gasteiger partial charge in [-0.3, -0.25) is 19.3 Å². The van der Waals surface area contributed by atoms with Crippen LogP contribution in [0, 0.1) is 35.0 Å². The summed E-state index contributed by atoms with van der Waals surface area (Å²) in [6, 6.07) is 0.246. The molecule has 5 nitrogen and oxygen atoms in total. The lowest BCUT2D eigenvalue weighted by Gasteiger charge is -2.59. The summed E-state index contributed by atoms with van der Waals surface area (Å²) in [6.07, 6.45) is 13.0. The smallest absolute Gasteiger partial charge is 0.233 e. The first-order chi connectivity index (χ1) is 14.0. The van der Waals surface area contributed by atoms with E-state index in [9.17, 15) is 14.4 Å². The Balaban J connectivity index is 1.19. The van der Waals surface area contributed by atoms with Crippen molar-refractivity contribution in [2.45, 2.75) is 90.0 Å². The van der Waals surface area contributed by atoms with E-state index in [0.29, 0.717) is 5.41 Å². The number of rotatable bonds is 6. The molecule has 6 rings (SSSR count). The third-order valence-electron chi connectivity index (χ3n) is 9.06. The number of fused-ring (bicyclic) bond motifs is 1. The molecule has 4 bridgehead atoms. The van der Waals surface area contributed by atoms with Gasteiger partial charge in [-0.1, -0.05) is 19.8 Å². The van der Waals surface area contributed by atoms with Crippen LogP contribution in [-0.2, 0) is 14.4 Å². The van der Waals surface area contributed by atoms with Gasteiger partial charge in [0.2, 0.25) is 17.7 Å². The third-order valence-corrected chi connectivity index (χ3v) is 9.06. The summed E-state index contributed by atoms with van der Waals surface area (Å²) in [5.41, 5.74) is 0.299. The van der Waals surface area contributed by atoms with Crippen molar-refractivity contribution in [3.05, 3.63) is 0 Å². The number of carbonyl (C=O) groups is 3. The molecule has 1 saturated heterocycles. The van der Waals surface area contributed by atoms with Crippen LogP contribution in [0.3, 0.4) is 0 Å². The molecule has 5 heteroatoms. The summed E-state index contributed by atoms with van der Waals surface area (Å²) in [4.78, 5) is 39.5. The molecule has 6 fully saturated rings. The molecule has 0 spiro atoms. The fraction of sp³-hybridized carbons (Fsp3) is 0.875. The molecule has 29 heavy (non-hydrogen) atoms. The number of nitrogens with one attached hydrogen (secondary N) is 1. The van der Waals surface area contributed by atoms with E-state index in [-0.39, 0.29) is 48.6 Å². The largest absolute Gasteiger partial charge is 0.353 e. The molecular formula is C24H36N2O3. The topological polar surface area (TPSA) is 66.5 Å². The minimum absolute atomic E-state index is 0.0167. The van der Waals surface area contributed by atoms with Crippen LogP contribution in [0.2, 0.25) is 0 Å². The Morgan fingerprint density at radius 3 is 2.00 bits per heavy atom. The highest BCUT2D eigenvalue weighted by Crippen LogP contribution is 2.61. The highest BCUT2D eigenvalue weighted by atomic mass is 16.2. The Hall–Kier alpha value is -1.39. The molecule has 1 heterocycles. The van der Waals surface area contributed by atoms with Gasteiger partial charge in [-0.2, -0.15) is 0 Å². The first-order valence-electron chi connectivity index (χ1n) is 12.1. The highest BCUT2D eigenvalue weighted by molar-refractivity contribution is 6.05. The Bertz CT molecular complexity index is 643. The van der Waals surface area contributed by atoms with Gasteiger partial charge in [-0.15, -0.1) is 0 Å². The average Bonchev–Trinajstić information content (AvgIpc) is 2.94. The van der Waals surface area contributed by atoms with Crippen LogP contribution in [0.25, 0.3) is 0 Å². The van der Waals surface area contributed by atoms with Gasteiger partial charge in [-0.05, 0) is 81.0 Å². The minimum Gasteiger partial charge on any atom is -0.353 e. The predicted molar refractivity (Wildman–Crippen MR) is 110 cm³/mol. The SMILES string of the molecule is CC[C@H](NC(=O)CCN1C(=O)[C@H]2CCCC[C@H]2C1=O)C12CC3CC(CC(C3)C1)C2. The van der Waals surface area contributed by atoms with E-state index < -0.39 is 0 Å². The summed E-state index contributed by atoms with van der Waals surface area (Å²) >= 11 is 0. The van der Waals surface area contributed by atoms with Gasteiger partial charge in [0, 0.05) is 19.0 Å². The van der Waals surface area contributed by atoms with Crippen molar-refractivity contribution < 1.29 is 14.4 Å². The van der Waals surface area contributed by atoms with Crippen LogP contribution in [0.1, 0.15) is 84.0 Å². The standard InChI is InChI=1S/C24H36N2O3/c1-2-20(24-12-15-9-16(13-24)11-17(10-15)14-24)25-21(27)7-8-26-22(28)18-5-3-4-6-19(18)23(26)29/h15-20H,2-14H2,1H3,(H,25,27)/t15?,16?,17?,18-,19+,20-,24?/m0/s1. The van der Waals surface area contributed by atoms with Crippen LogP contribution in [0.4, 0.5) is 0 Å². The van der Waals surface area contributed by atoms with E-state index in [1.165, 1.54) is 43.4 Å². The Kier molecular flexibility index (Phi) is 4.98. The second-order valence-electron chi connectivity index (χ2n) is 10.9. The Morgan fingerprint density at radius 2 is 1.52 bits per heavy atom. The Morgan fingerprint density at radius 1 is 1.00 bits per heavy atom. The van der Waals surface area contributed by atoms with Crippen LogP contribution in [0.15, 0.2) is 0 Å². The molecule has 160 valence electrons. The van der Waals surface area contributed by atoms with Crippen molar-refractivity contribution in [3.63, 3.8) is 0 Å². The second kappa shape index (κ2) is 7.39. The molecule has 0 unspecified atom stereocenters. The predicted octanol–water partition coefficient (Wildman–Crippen LogP) is 3.66. The first kappa shape index (κ1) is 19.6. The van der Waals surface area contributed by atoms with Crippen molar-refractivity contribution in [1.29, 1.82) is 0 Å². The molecule has 5 saturated carbocycles. The molecule has 3 amide bonds. The van der Waals surface area contributed by atoms with Gasteiger partial charge >= 0.3 is 0 Å². The molecule has 0 radical (unpaired) electrons. The Labute approximate surface area is 174 Å². The lowest BCUT2D eigenvalue weighted by atomic mass is 9.47.